The van der Waals surface area contributed by atoms with Crippen molar-refractivity contribution >= 4 is 17.6 Å². The Hall–Kier alpha value is -3.59. The molecule has 3 rings (SSSR count). The number of amides is 1. The van der Waals surface area contributed by atoms with Crippen LogP contribution in [0, 0.1) is 11.3 Å². The molecule has 154 valence electrons. The Kier molecular flexibility index (Phi) is 6.87. The van der Waals surface area contributed by atoms with E-state index in [0.29, 0.717) is 12.1 Å². The summed E-state index contributed by atoms with van der Waals surface area (Å²) in [6, 6.07) is 14.3. The fourth-order valence-electron chi connectivity index (χ4n) is 3.67. The van der Waals surface area contributed by atoms with E-state index < -0.39 is 11.9 Å². The lowest BCUT2D eigenvalue weighted by molar-refractivity contribution is -0.117. The van der Waals surface area contributed by atoms with E-state index in [1.165, 1.54) is 42.3 Å². The number of fused-ring (bicyclic) bond motifs is 1. The molecule has 1 atom stereocenters. The van der Waals surface area contributed by atoms with Crippen molar-refractivity contribution in [1.82, 2.24) is 5.32 Å². The summed E-state index contributed by atoms with van der Waals surface area (Å²) in [7, 11) is 0. The predicted molar refractivity (Wildman–Crippen MR) is 115 cm³/mol. The largest absolute Gasteiger partial charge is 0.478 e. The molecule has 0 radical (unpaired) electrons. The molecule has 0 aromatic heterocycles. The van der Waals surface area contributed by atoms with Gasteiger partial charge in [-0.25, -0.2) is 4.79 Å². The molecule has 1 unspecified atom stereocenters. The minimum absolute atomic E-state index is 0.0767. The van der Waals surface area contributed by atoms with E-state index >= 15 is 0 Å². The first-order valence-electron chi connectivity index (χ1n) is 10.1. The highest BCUT2D eigenvalue weighted by atomic mass is 16.4. The predicted octanol–water partition coefficient (Wildman–Crippen LogP) is 4.35. The van der Waals surface area contributed by atoms with Gasteiger partial charge in [0.25, 0.3) is 5.91 Å². The fraction of sp³-hybridized carbons (Fsp3) is 0.292. The maximum Gasteiger partial charge on any atom is 0.335 e. The minimum Gasteiger partial charge on any atom is -0.478 e. The average molecular weight is 403 g/mol. The number of hydrogen-bond acceptors (Lipinski definition) is 4. The molecule has 30 heavy (non-hydrogen) atoms. The Bertz CT molecular complexity index is 1020. The van der Waals surface area contributed by atoms with E-state index in [2.05, 4.69) is 28.8 Å². The summed E-state index contributed by atoms with van der Waals surface area (Å²) in [6.45, 7) is 2.00. The fourth-order valence-corrected chi connectivity index (χ4v) is 3.67. The van der Waals surface area contributed by atoms with Gasteiger partial charge in [0, 0.05) is 11.9 Å². The number of rotatable bonds is 7. The molecule has 3 N–H and O–H groups in total. The third kappa shape index (κ3) is 5.06. The second-order valence-electron chi connectivity index (χ2n) is 7.37. The number of nitrogens with zero attached hydrogens (tertiary/aromatic N) is 1. The summed E-state index contributed by atoms with van der Waals surface area (Å²) < 4.78 is 0. The average Bonchev–Trinajstić information content (AvgIpc) is 2.77. The number of hydrogen-bond donors (Lipinski definition) is 3. The summed E-state index contributed by atoms with van der Waals surface area (Å²) in [6.07, 6.45) is 6.59. The summed E-state index contributed by atoms with van der Waals surface area (Å²) >= 11 is 0. The van der Waals surface area contributed by atoms with Crippen LogP contribution < -0.4 is 10.6 Å². The smallest absolute Gasteiger partial charge is 0.335 e. The molecule has 0 fully saturated rings. The SMILES string of the molecule is CCC(NC(=O)/C(C#N)=C\Nc1cccc(C(=O)O)c1)c1ccc2c(c1)CCCC2. The van der Waals surface area contributed by atoms with Crippen LogP contribution in [-0.4, -0.2) is 17.0 Å². The Balaban J connectivity index is 1.72. The molecule has 0 spiro atoms. The van der Waals surface area contributed by atoms with Crippen LogP contribution in [0.3, 0.4) is 0 Å². The van der Waals surface area contributed by atoms with Crippen LogP contribution in [0.15, 0.2) is 54.2 Å². The zero-order valence-corrected chi connectivity index (χ0v) is 16.9. The number of benzene rings is 2. The number of carbonyl (C=O) groups is 2. The first-order valence-corrected chi connectivity index (χ1v) is 10.1. The van der Waals surface area contributed by atoms with Crippen LogP contribution >= 0.6 is 0 Å². The molecule has 0 aliphatic heterocycles. The maximum absolute atomic E-state index is 12.7. The molecule has 1 aliphatic rings. The van der Waals surface area contributed by atoms with Gasteiger partial charge in [0.05, 0.1) is 11.6 Å². The van der Waals surface area contributed by atoms with Gasteiger partial charge < -0.3 is 15.7 Å². The summed E-state index contributed by atoms with van der Waals surface area (Å²) in [4.78, 5) is 23.7. The van der Waals surface area contributed by atoms with Crippen LogP contribution in [0.5, 0.6) is 0 Å². The highest BCUT2D eigenvalue weighted by Gasteiger charge is 2.18. The summed E-state index contributed by atoms with van der Waals surface area (Å²) in [5.41, 5.74) is 4.31. The monoisotopic (exact) mass is 403 g/mol. The van der Waals surface area contributed by atoms with Crippen LogP contribution in [0.1, 0.15) is 59.3 Å². The number of carboxylic acid groups (broad SMARTS) is 1. The van der Waals surface area contributed by atoms with Crippen molar-refractivity contribution in [2.24, 2.45) is 0 Å². The van der Waals surface area contributed by atoms with Crippen LogP contribution in [0.2, 0.25) is 0 Å². The van der Waals surface area contributed by atoms with Crippen molar-refractivity contribution in [2.75, 3.05) is 5.32 Å². The van der Waals surface area contributed by atoms with E-state index in [1.807, 2.05) is 13.0 Å². The number of aromatic carboxylic acids is 1. The minimum atomic E-state index is -1.04. The zero-order chi connectivity index (χ0) is 21.5. The summed E-state index contributed by atoms with van der Waals surface area (Å²) in [5.74, 6) is -1.51. The van der Waals surface area contributed by atoms with Gasteiger partial charge in [0.15, 0.2) is 0 Å². The second-order valence-corrected chi connectivity index (χ2v) is 7.37. The normalized spacial score (nSPS) is 14.2. The van der Waals surface area contributed by atoms with Crippen molar-refractivity contribution in [2.45, 2.75) is 45.1 Å². The quantitative estimate of drug-likeness (QED) is 0.471. The molecule has 6 heteroatoms. The van der Waals surface area contributed by atoms with Crippen molar-refractivity contribution in [3.05, 3.63) is 76.5 Å². The van der Waals surface area contributed by atoms with Crippen LogP contribution in [-0.2, 0) is 17.6 Å². The molecule has 0 saturated heterocycles. The van der Waals surface area contributed by atoms with Gasteiger partial charge in [-0.15, -0.1) is 0 Å². The molecule has 6 nitrogen and oxygen atoms in total. The van der Waals surface area contributed by atoms with Gasteiger partial charge in [0.2, 0.25) is 0 Å². The molecular formula is C24H25N3O3. The number of nitriles is 1. The highest BCUT2D eigenvalue weighted by Crippen LogP contribution is 2.26. The Labute approximate surface area is 176 Å². The number of anilines is 1. The van der Waals surface area contributed by atoms with Crippen LogP contribution in [0.25, 0.3) is 0 Å². The van der Waals surface area contributed by atoms with Gasteiger partial charge in [0.1, 0.15) is 11.6 Å². The first kappa shape index (κ1) is 21.1. The lowest BCUT2D eigenvalue weighted by Gasteiger charge is -2.21. The Morgan fingerprint density at radius 1 is 1.17 bits per heavy atom. The van der Waals surface area contributed by atoms with E-state index in [4.69, 9.17) is 5.11 Å². The molecule has 0 bridgehead atoms. The van der Waals surface area contributed by atoms with Crippen LogP contribution in [0.4, 0.5) is 5.69 Å². The third-order valence-electron chi connectivity index (χ3n) is 5.35. The van der Waals surface area contributed by atoms with E-state index in [1.54, 1.807) is 12.1 Å². The van der Waals surface area contributed by atoms with E-state index in [-0.39, 0.29) is 17.2 Å². The Morgan fingerprint density at radius 2 is 1.93 bits per heavy atom. The molecular weight excluding hydrogens is 378 g/mol. The number of carboxylic acids is 1. The van der Waals surface area contributed by atoms with Crippen molar-refractivity contribution in [3.8, 4) is 6.07 Å². The molecule has 2 aromatic carbocycles. The molecule has 0 saturated carbocycles. The topological polar surface area (TPSA) is 102 Å². The maximum atomic E-state index is 12.7. The van der Waals surface area contributed by atoms with Crippen molar-refractivity contribution < 1.29 is 14.7 Å². The Morgan fingerprint density at radius 3 is 2.63 bits per heavy atom. The van der Waals surface area contributed by atoms with Crippen molar-refractivity contribution in [1.29, 1.82) is 5.26 Å². The van der Waals surface area contributed by atoms with Gasteiger partial charge in [-0.05, 0) is 67.0 Å². The molecule has 0 heterocycles. The van der Waals surface area contributed by atoms with Gasteiger partial charge in [-0.1, -0.05) is 31.2 Å². The molecule has 2 aromatic rings. The molecule has 1 amide bonds. The lowest BCUT2D eigenvalue weighted by Crippen LogP contribution is -2.29. The zero-order valence-electron chi connectivity index (χ0n) is 16.9. The standard InChI is InChI=1S/C24H25N3O3/c1-2-22(18-11-10-16-6-3-4-7-17(16)12-18)27-23(28)20(14-25)15-26-21-9-5-8-19(13-21)24(29)30/h5,8-13,15,22,26H,2-4,6-7H2,1H3,(H,27,28)(H,29,30)/b20-15-. The third-order valence-corrected chi connectivity index (χ3v) is 5.35. The highest BCUT2D eigenvalue weighted by molar-refractivity contribution is 5.97. The summed E-state index contributed by atoms with van der Waals surface area (Å²) in [5, 5.41) is 24.3. The van der Waals surface area contributed by atoms with Crippen molar-refractivity contribution in [3.63, 3.8) is 0 Å². The van der Waals surface area contributed by atoms with Gasteiger partial charge in [-0.2, -0.15) is 5.26 Å². The number of nitrogens with one attached hydrogen (secondary N) is 2. The second kappa shape index (κ2) is 9.75. The lowest BCUT2D eigenvalue weighted by atomic mass is 9.88. The van der Waals surface area contributed by atoms with E-state index in [0.717, 1.165) is 18.4 Å². The number of aryl methyl sites for hydroxylation is 2. The molecule has 1 aliphatic carbocycles. The van der Waals surface area contributed by atoms with E-state index in [9.17, 15) is 14.9 Å². The first-order chi connectivity index (χ1) is 14.5. The number of carbonyl (C=O) groups excluding carboxylic acids is 1. The van der Waals surface area contributed by atoms with Gasteiger partial charge in [-0.3, -0.25) is 4.79 Å². The van der Waals surface area contributed by atoms with Gasteiger partial charge >= 0.3 is 5.97 Å².